The highest BCUT2D eigenvalue weighted by Gasteiger charge is 2.08. The van der Waals surface area contributed by atoms with E-state index >= 15 is 0 Å². The van der Waals surface area contributed by atoms with Gasteiger partial charge in [-0.05, 0) is 44.2 Å². The first-order valence-electron chi connectivity index (χ1n) is 6.35. The Bertz CT molecular complexity index is 590. The van der Waals surface area contributed by atoms with Gasteiger partial charge in [-0.25, -0.2) is 9.37 Å². The standard InChI is InChI=1S/C15H16BrFN2O/c1-10(2)20-14-4-3-7-18-15(14)19-9-11-8-12(16)5-6-13(11)17/h3-8,10H,9H2,1-2H3,(H,18,19). The first kappa shape index (κ1) is 14.8. The van der Waals surface area contributed by atoms with E-state index in [9.17, 15) is 4.39 Å². The molecule has 0 unspecified atom stereocenters. The third-order valence-electron chi connectivity index (χ3n) is 2.59. The summed E-state index contributed by atoms with van der Waals surface area (Å²) in [4.78, 5) is 4.23. The number of hydrogen-bond donors (Lipinski definition) is 1. The van der Waals surface area contributed by atoms with E-state index in [2.05, 4.69) is 26.2 Å². The lowest BCUT2D eigenvalue weighted by molar-refractivity contribution is 0.243. The van der Waals surface area contributed by atoms with Crippen LogP contribution in [0.25, 0.3) is 0 Å². The van der Waals surface area contributed by atoms with Gasteiger partial charge in [0.15, 0.2) is 11.6 Å². The first-order chi connectivity index (χ1) is 9.56. The molecule has 20 heavy (non-hydrogen) atoms. The van der Waals surface area contributed by atoms with E-state index in [1.165, 1.54) is 6.07 Å². The average molecular weight is 339 g/mol. The van der Waals surface area contributed by atoms with Gasteiger partial charge in [0.25, 0.3) is 0 Å². The molecule has 0 spiro atoms. The summed E-state index contributed by atoms with van der Waals surface area (Å²) in [7, 11) is 0. The van der Waals surface area contributed by atoms with Crippen LogP contribution < -0.4 is 10.1 Å². The molecule has 3 nitrogen and oxygen atoms in total. The van der Waals surface area contributed by atoms with Crippen LogP contribution in [0, 0.1) is 5.82 Å². The number of anilines is 1. The van der Waals surface area contributed by atoms with Crippen molar-refractivity contribution in [1.29, 1.82) is 0 Å². The summed E-state index contributed by atoms with van der Waals surface area (Å²) >= 11 is 3.33. The van der Waals surface area contributed by atoms with Crippen molar-refractivity contribution < 1.29 is 9.13 Å². The van der Waals surface area contributed by atoms with Gasteiger partial charge in [-0.15, -0.1) is 0 Å². The van der Waals surface area contributed by atoms with Crippen LogP contribution in [-0.2, 0) is 6.54 Å². The van der Waals surface area contributed by atoms with E-state index in [0.29, 0.717) is 23.7 Å². The molecular weight excluding hydrogens is 323 g/mol. The van der Waals surface area contributed by atoms with Gasteiger partial charge in [-0.1, -0.05) is 15.9 Å². The van der Waals surface area contributed by atoms with Crippen molar-refractivity contribution in [2.75, 3.05) is 5.32 Å². The van der Waals surface area contributed by atoms with Crippen molar-refractivity contribution in [3.63, 3.8) is 0 Å². The maximum atomic E-state index is 13.7. The van der Waals surface area contributed by atoms with Crippen LogP contribution >= 0.6 is 15.9 Å². The van der Waals surface area contributed by atoms with Crippen LogP contribution in [0.5, 0.6) is 5.75 Å². The minimum Gasteiger partial charge on any atom is -0.487 e. The van der Waals surface area contributed by atoms with Crippen LogP contribution in [0.15, 0.2) is 41.0 Å². The lowest BCUT2D eigenvalue weighted by Crippen LogP contribution is -2.10. The van der Waals surface area contributed by atoms with Crippen molar-refractivity contribution in [3.05, 3.63) is 52.4 Å². The Morgan fingerprint density at radius 2 is 2.15 bits per heavy atom. The third kappa shape index (κ3) is 3.93. The maximum absolute atomic E-state index is 13.7. The van der Waals surface area contributed by atoms with Crippen molar-refractivity contribution in [2.45, 2.75) is 26.5 Å². The van der Waals surface area contributed by atoms with Crippen molar-refractivity contribution in [1.82, 2.24) is 4.98 Å². The summed E-state index contributed by atoms with van der Waals surface area (Å²) in [6.45, 7) is 4.24. The lowest BCUT2D eigenvalue weighted by atomic mass is 10.2. The Balaban J connectivity index is 2.12. The van der Waals surface area contributed by atoms with Crippen LogP contribution in [0.1, 0.15) is 19.4 Å². The predicted molar refractivity (Wildman–Crippen MR) is 81.4 cm³/mol. The van der Waals surface area contributed by atoms with E-state index in [-0.39, 0.29) is 11.9 Å². The lowest BCUT2D eigenvalue weighted by Gasteiger charge is -2.14. The zero-order chi connectivity index (χ0) is 14.5. The Morgan fingerprint density at radius 1 is 1.35 bits per heavy atom. The number of hydrogen-bond acceptors (Lipinski definition) is 3. The number of pyridine rings is 1. The van der Waals surface area contributed by atoms with E-state index in [0.717, 1.165) is 4.47 Å². The van der Waals surface area contributed by atoms with Crippen LogP contribution in [0.2, 0.25) is 0 Å². The van der Waals surface area contributed by atoms with Crippen molar-refractivity contribution >= 4 is 21.7 Å². The van der Waals surface area contributed by atoms with Crippen molar-refractivity contribution in [3.8, 4) is 5.75 Å². The van der Waals surface area contributed by atoms with Gasteiger partial charge in [0.2, 0.25) is 0 Å². The van der Waals surface area contributed by atoms with Gasteiger partial charge < -0.3 is 10.1 Å². The Hall–Kier alpha value is -1.62. The summed E-state index contributed by atoms with van der Waals surface area (Å²) in [5.41, 5.74) is 0.570. The molecule has 0 atom stereocenters. The minimum absolute atomic E-state index is 0.0577. The van der Waals surface area contributed by atoms with Gasteiger partial charge in [-0.3, -0.25) is 0 Å². The molecule has 1 N–H and O–H groups in total. The highest BCUT2D eigenvalue weighted by atomic mass is 79.9. The van der Waals surface area contributed by atoms with Gasteiger partial charge in [0.1, 0.15) is 5.82 Å². The molecule has 1 aromatic heterocycles. The molecule has 0 radical (unpaired) electrons. The second kappa shape index (κ2) is 6.70. The second-order valence-electron chi connectivity index (χ2n) is 4.61. The third-order valence-corrected chi connectivity index (χ3v) is 3.08. The molecule has 0 fully saturated rings. The van der Waals surface area contributed by atoms with Gasteiger partial charge in [-0.2, -0.15) is 0 Å². The van der Waals surface area contributed by atoms with Gasteiger partial charge in [0, 0.05) is 22.8 Å². The molecule has 0 aliphatic carbocycles. The molecular formula is C15H16BrFN2O. The van der Waals surface area contributed by atoms with E-state index in [1.54, 1.807) is 18.3 Å². The number of rotatable bonds is 5. The molecule has 0 amide bonds. The SMILES string of the molecule is CC(C)Oc1cccnc1NCc1cc(Br)ccc1F. The molecule has 1 aromatic carbocycles. The monoisotopic (exact) mass is 338 g/mol. The normalized spacial score (nSPS) is 10.7. The molecule has 5 heteroatoms. The Morgan fingerprint density at radius 3 is 2.90 bits per heavy atom. The zero-order valence-corrected chi connectivity index (χ0v) is 12.9. The number of nitrogens with one attached hydrogen (secondary N) is 1. The summed E-state index contributed by atoms with van der Waals surface area (Å²) in [5, 5.41) is 3.11. The highest BCUT2D eigenvalue weighted by Crippen LogP contribution is 2.23. The Labute approximate surface area is 126 Å². The molecule has 0 aliphatic heterocycles. The molecule has 106 valence electrons. The fraction of sp³-hybridized carbons (Fsp3) is 0.267. The number of benzene rings is 1. The molecule has 0 saturated heterocycles. The smallest absolute Gasteiger partial charge is 0.169 e. The Kier molecular flexibility index (Phi) is 4.95. The zero-order valence-electron chi connectivity index (χ0n) is 11.4. The molecule has 1 heterocycles. The van der Waals surface area contributed by atoms with Gasteiger partial charge >= 0.3 is 0 Å². The number of aromatic nitrogens is 1. The van der Waals surface area contributed by atoms with Crippen LogP contribution in [-0.4, -0.2) is 11.1 Å². The fourth-order valence-electron chi connectivity index (χ4n) is 1.73. The van der Waals surface area contributed by atoms with Crippen LogP contribution in [0.3, 0.4) is 0 Å². The van der Waals surface area contributed by atoms with E-state index in [4.69, 9.17) is 4.74 Å². The second-order valence-corrected chi connectivity index (χ2v) is 5.52. The molecule has 2 aromatic rings. The summed E-state index contributed by atoms with van der Waals surface area (Å²) in [6.07, 6.45) is 1.73. The topological polar surface area (TPSA) is 34.1 Å². The number of ether oxygens (including phenoxy) is 1. The number of halogens is 2. The fourth-order valence-corrected chi connectivity index (χ4v) is 2.14. The van der Waals surface area contributed by atoms with Crippen LogP contribution in [0.4, 0.5) is 10.2 Å². The molecule has 0 aliphatic rings. The maximum Gasteiger partial charge on any atom is 0.169 e. The predicted octanol–water partition coefficient (Wildman–Crippen LogP) is 4.38. The summed E-state index contributed by atoms with van der Waals surface area (Å²) in [6, 6.07) is 8.50. The molecule has 2 rings (SSSR count). The number of nitrogens with zero attached hydrogens (tertiary/aromatic N) is 1. The molecule has 0 bridgehead atoms. The quantitative estimate of drug-likeness (QED) is 0.878. The first-order valence-corrected chi connectivity index (χ1v) is 7.15. The highest BCUT2D eigenvalue weighted by molar-refractivity contribution is 9.10. The summed E-state index contributed by atoms with van der Waals surface area (Å²) in [5.74, 6) is 1.03. The van der Waals surface area contributed by atoms with E-state index < -0.39 is 0 Å². The molecule has 0 saturated carbocycles. The minimum atomic E-state index is -0.247. The van der Waals surface area contributed by atoms with E-state index in [1.807, 2.05) is 26.0 Å². The van der Waals surface area contributed by atoms with Gasteiger partial charge in [0.05, 0.1) is 6.10 Å². The van der Waals surface area contributed by atoms with Crippen molar-refractivity contribution in [2.24, 2.45) is 0 Å². The largest absolute Gasteiger partial charge is 0.487 e. The average Bonchev–Trinajstić information content (AvgIpc) is 2.41. The summed E-state index contributed by atoms with van der Waals surface area (Å²) < 4.78 is 20.2.